The van der Waals surface area contributed by atoms with E-state index in [0.29, 0.717) is 40.5 Å². The Morgan fingerprint density at radius 3 is 2.35 bits per heavy atom. The maximum absolute atomic E-state index is 6.01. The molecule has 0 spiro atoms. The van der Waals surface area contributed by atoms with Crippen molar-refractivity contribution in [3.8, 4) is 5.75 Å². The van der Waals surface area contributed by atoms with Crippen LogP contribution in [0.5, 0.6) is 5.75 Å². The van der Waals surface area contributed by atoms with Crippen LogP contribution in [-0.4, -0.2) is 23.1 Å². The van der Waals surface area contributed by atoms with Gasteiger partial charge in [0.25, 0.3) is 0 Å². The molecule has 7 heteroatoms. The summed E-state index contributed by atoms with van der Waals surface area (Å²) in [5.74, 6) is 0.447. The Hall–Kier alpha value is -1.07. The Kier molecular flexibility index (Phi) is 5.86. The molecule has 0 radical (unpaired) electrons. The van der Waals surface area contributed by atoms with Crippen LogP contribution in [0.3, 0.4) is 0 Å². The third kappa shape index (κ3) is 4.49. The van der Waals surface area contributed by atoms with Crippen molar-refractivity contribution in [1.29, 1.82) is 0 Å². The van der Waals surface area contributed by atoms with E-state index in [2.05, 4.69) is 15.3 Å². The van der Waals surface area contributed by atoms with E-state index in [0.717, 1.165) is 5.56 Å². The molecule has 0 atom stereocenters. The summed E-state index contributed by atoms with van der Waals surface area (Å²) in [6, 6.07) is 3.19. The Balaban J connectivity index is 1.76. The van der Waals surface area contributed by atoms with Crippen molar-refractivity contribution in [2.24, 2.45) is 0 Å². The predicted octanol–water partition coefficient (Wildman–Crippen LogP) is 3.61. The van der Waals surface area contributed by atoms with Gasteiger partial charge >= 0.3 is 0 Å². The van der Waals surface area contributed by atoms with Gasteiger partial charge in [0.1, 0.15) is 12.9 Å². The van der Waals surface area contributed by atoms with E-state index < -0.39 is 0 Å². The number of halogens is 3. The molecular weight excluding hydrogens is 321 g/mol. The zero-order valence-corrected chi connectivity index (χ0v) is 12.7. The topological polar surface area (TPSA) is 47.0 Å². The highest BCUT2D eigenvalue weighted by Gasteiger charge is 2.08. The van der Waals surface area contributed by atoms with Crippen LogP contribution in [0.1, 0.15) is 5.56 Å². The standard InChI is InChI=1S/C13H12Cl3N3O/c14-10-3-11(15)13(12(16)4-10)20-2-1-17-5-9-6-18-8-19-7-9/h3-4,6-8,17H,1-2,5H2. The zero-order chi connectivity index (χ0) is 14.4. The number of hydrogen-bond donors (Lipinski definition) is 1. The average Bonchev–Trinajstić information content (AvgIpc) is 2.42. The number of aromatic nitrogens is 2. The summed E-state index contributed by atoms with van der Waals surface area (Å²) in [5.41, 5.74) is 1.01. The molecule has 0 aliphatic heterocycles. The van der Waals surface area contributed by atoms with Gasteiger partial charge in [0.05, 0.1) is 10.0 Å². The quantitative estimate of drug-likeness (QED) is 0.821. The summed E-state index contributed by atoms with van der Waals surface area (Å²) >= 11 is 17.9. The fraction of sp³-hybridized carbons (Fsp3) is 0.231. The number of nitrogens with one attached hydrogen (secondary N) is 1. The lowest BCUT2D eigenvalue weighted by molar-refractivity contribution is 0.314. The van der Waals surface area contributed by atoms with Gasteiger partial charge in [0.15, 0.2) is 5.75 Å². The van der Waals surface area contributed by atoms with E-state index >= 15 is 0 Å². The first-order chi connectivity index (χ1) is 9.66. The molecule has 1 aromatic carbocycles. The number of benzene rings is 1. The minimum absolute atomic E-state index is 0.402. The molecule has 106 valence electrons. The first kappa shape index (κ1) is 15.3. The van der Waals surface area contributed by atoms with Gasteiger partial charge in [0.2, 0.25) is 0 Å². The summed E-state index contributed by atoms with van der Waals surface area (Å²) < 4.78 is 5.54. The molecule has 0 amide bonds. The van der Waals surface area contributed by atoms with Crippen molar-refractivity contribution in [2.45, 2.75) is 6.54 Å². The minimum Gasteiger partial charge on any atom is -0.489 e. The summed E-state index contributed by atoms with van der Waals surface area (Å²) in [5, 5.41) is 4.49. The number of nitrogens with zero attached hydrogens (tertiary/aromatic N) is 2. The lowest BCUT2D eigenvalue weighted by atomic mass is 10.3. The van der Waals surface area contributed by atoms with E-state index in [9.17, 15) is 0 Å². The lowest BCUT2D eigenvalue weighted by Crippen LogP contribution is -2.20. The molecule has 2 aromatic rings. The van der Waals surface area contributed by atoms with Crippen molar-refractivity contribution >= 4 is 34.8 Å². The molecule has 0 fully saturated rings. The lowest BCUT2D eigenvalue weighted by Gasteiger charge is -2.11. The van der Waals surface area contributed by atoms with E-state index in [1.807, 2.05) is 0 Å². The van der Waals surface area contributed by atoms with Gasteiger partial charge in [0, 0.05) is 36.1 Å². The summed E-state index contributed by atoms with van der Waals surface area (Å²) in [7, 11) is 0. The Morgan fingerprint density at radius 2 is 1.70 bits per heavy atom. The molecule has 0 bridgehead atoms. The Bertz CT molecular complexity index is 543. The highest BCUT2D eigenvalue weighted by atomic mass is 35.5. The van der Waals surface area contributed by atoms with Crippen LogP contribution in [0.15, 0.2) is 30.9 Å². The van der Waals surface area contributed by atoms with Crippen LogP contribution < -0.4 is 10.1 Å². The fourth-order valence-corrected chi connectivity index (χ4v) is 2.47. The number of rotatable bonds is 6. The summed E-state index contributed by atoms with van der Waals surface area (Å²) in [6.07, 6.45) is 5.01. The fourth-order valence-electron chi connectivity index (χ4n) is 1.55. The molecule has 0 aliphatic carbocycles. The maximum atomic E-state index is 6.01. The van der Waals surface area contributed by atoms with Crippen LogP contribution in [0.25, 0.3) is 0 Å². The largest absolute Gasteiger partial charge is 0.489 e. The van der Waals surface area contributed by atoms with Crippen molar-refractivity contribution in [3.63, 3.8) is 0 Å². The smallest absolute Gasteiger partial charge is 0.156 e. The van der Waals surface area contributed by atoms with Gasteiger partial charge in [-0.05, 0) is 12.1 Å². The normalized spacial score (nSPS) is 10.6. The van der Waals surface area contributed by atoms with Gasteiger partial charge in [-0.3, -0.25) is 0 Å². The molecule has 0 saturated heterocycles. The molecule has 1 N–H and O–H groups in total. The zero-order valence-electron chi connectivity index (χ0n) is 10.4. The monoisotopic (exact) mass is 331 g/mol. The van der Waals surface area contributed by atoms with Gasteiger partial charge in [-0.1, -0.05) is 34.8 Å². The van der Waals surface area contributed by atoms with Crippen LogP contribution in [0.2, 0.25) is 15.1 Å². The third-order valence-electron chi connectivity index (χ3n) is 2.43. The van der Waals surface area contributed by atoms with Gasteiger partial charge in [-0.2, -0.15) is 0 Å². The highest BCUT2D eigenvalue weighted by molar-refractivity contribution is 6.40. The van der Waals surface area contributed by atoms with Gasteiger partial charge < -0.3 is 10.1 Å². The first-order valence-corrected chi connectivity index (χ1v) is 7.02. The summed E-state index contributed by atoms with van der Waals surface area (Å²) in [6.45, 7) is 1.76. The Morgan fingerprint density at radius 1 is 1.05 bits per heavy atom. The van der Waals surface area contributed by atoms with Crippen LogP contribution in [-0.2, 0) is 6.54 Å². The van der Waals surface area contributed by atoms with E-state index in [1.165, 1.54) is 6.33 Å². The maximum Gasteiger partial charge on any atom is 0.156 e. The van der Waals surface area contributed by atoms with Crippen molar-refractivity contribution < 1.29 is 4.74 Å². The van der Waals surface area contributed by atoms with E-state index in [-0.39, 0.29) is 0 Å². The number of hydrogen-bond acceptors (Lipinski definition) is 4. The first-order valence-electron chi connectivity index (χ1n) is 5.89. The van der Waals surface area contributed by atoms with E-state index in [4.69, 9.17) is 39.5 Å². The van der Waals surface area contributed by atoms with Gasteiger partial charge in [-0.25, -0.2) is 9.97 Å². The van der Waals surface area contributed by atoms with Crippen molar-refractivity contribution in [2.75, 3.05) is 13.2 Å². The predicted molar refractivity (Wildman–Crippen MR) is 80.7 cm³/mol. The molecule has 20 heavy (non-hydrogen) atoms. The number of ether oxygens (including phenoxy) is 1. The van der Waals surface area contributed by atoms with Gasteiger partial charge in [-0.15, -0.1) is 0 Å². The molecular formula is C13H12Cl3N3O. The van der Waals surface area contributed by atoms with Crippen LogP contribution >= 0.6 is 34.8 Å². The second-order valence-electron chi connectivity index (χ2n) is 3.97. The molecule has 1 heterocycles. The van der Waals surface area contributed by atoms with Crippen molar-refractivity contribution in [3.05, 3.63) is 51.5 Å². The molecule has 4 nitrogen and oxygen atoms in total. The second kappa shape index (κ2) is 7.64. The SMILES string of the molecule is Clc1cc(Cl)c(OCCNCc2cncnc2)c(Cl)c1. The molecule has 0 saturated carbocycles. The van der Waals surface area contributed by atoms with Crippen LogP contribution in [0.4, 0.5) is 0 Å². The molecule has 2 rings (SSSR count). The van der Waals surface area contributed by atoms with Crippen LogP contribution in [0, 0.1) is 0 Å². The molecule has 0 unspecified atom stereocenters. The minimum atomic E-state index is 0.402. The Labute approximate surface area is 132 Å². The summed E-state index contributed by atoms with van der Waals surface area (Å²) in [4.78, 5) is 7.87. The average molecular weight is 333 g/mol. The van der Waals surface area contributed by atoms with E-state index in [1.54, 1.807) is 24.5 Å². The van der Waals surface area contributed by atoms with Crippen molar-refractivity contribution in [1.82, 2.24) is 15.3 Å². The third-order valence-corrected chi connectivity index (χ3v) is 3.21. The molecule has 1 aromatic heterocycles. The molecule has 0 aliphatic rings. The second-order valence-corrected chi connectivity index (χ2v) is 5.22. The highest BCUT2D eigenvalue weighted by Crippen LogP contribution is 2.35.